The van der Waals surface area contributed by atoms with Gasteiger partial charge in [-0.25, -0.2) is 4.79 Å². The molecule has 2 aliphatic carbocycles. The predicted octanol–water partition coefficient (Wildman–Crippen LogP) is 3.24. The van der Waals surface area contributed by atoms with Crippen molar-refractivity contribution in [1.29, 1.82) is 0 Å². The van der Waals surface area contributed by atoms with Gasteiger partial charge < -0.3 is 10.2 Å². The predicted molar refractivity (Wildman–Crippen MR) is 112 cm³/mol. The van der Waals surface area contributed by atoms with Crippen LogP contribution >= 0.6 is 0 Å². The molecule has 0 atom stereocenters. The molecule has 3 fully saturated rings. The first-order valence-corrected chi connectivity index (χ1v) is 11.3. The first kappa shape index (κ1) is 20.8. The van der Waals surface area contributed by atoms with Crippen molar-refractivity contribution in [3.8, 4) is 0 Å². The van der Waals surface area contributed by atoms with Crippen molar-refractivity contribution in [3.63, 3.8) is 0 Å². The Balaban J connectivity index is 1.49. The molecule has 0 unspecified atom stereocenters. The van der Waals surface area contributed by atoms with E-state index in [1.165, 1.54) is 6.42 Å². The molecule has 162 valence electrons. The summed E-state index contributed by atoms with van der Waals surface area (Å²) in [6.45, 7) is 2.40. The Bertz CT molecular complexity index is 783. The highest BCUT2D eigenvalue weighted by molar-refractivity contribution is 6.09. The third-order valence-corrected chi connectivity index (χ3v) is 7.06. The van der Waals surface area contributed by atoms with Gasteiger partial charge in [-0.3, -0.25) is 19.5 Å². The molecule has 1 aromatic rings. The summed E-state index contributed by atoms with van der Waals surface area (Å²) in [5, 5.41) is 2.92. The summed E-state index contributed by atoms with van der Waals surface area (Å²) in [5.74, 6) is 0.169. The van der Waals surface area contributed by atoms with Gasteiger partial charge in [0, 0.05) is 12.2 Å². The molecular formula is C23H32N4O3. The number of carbonyl (C=O) groups is 3. The molecule has 1 saturated heterocycles. The van der Waals surface area contributed by atoms with Gasteiger partial charge in [0.15, 0.2) is 0 Å². The molecule has 0 radical (unpaired) electrons. The van der Waals surface area contributed by atoms with Crippen molar-refractivity contribution < 1.29 is 14.4 Å². The van der Waals surface area contributed by atoms with Gasteiger partial charge in [-0.15, -0.1) is 0 Å². The average Bonchev–Trinajstić information content (AvgIpc) is 2.99. The largest absolute Gasteiger partial charge is 0.332 e. The Morgan fingerprint density at radius 1 is 1.17 bits per heavy atom. The summed E-state index contributed by atoms with van der Waals surface area (Å²) in [4.78, 5) is 46.5. The number of pyridine rings is 1. The Morgan fingerprint density at radius 2 is 1.90 bits per heavy atom. The fraction of sp³-hybridized carbons (Fsp3) is 0.652. The van der Waals surface area contributed by atoms with Crippen molar-refractivity contribution in [2.45, 2.75) is 82.8 Å². The van der Waals surface area contributed by atoms with Crippen molar-refractivity contribution in [1.82, 2.24) is 20.1 Å². The van der Waals surface area contributed by atoms with Crippen LogP contribution in [0.1, 0.15) is 70.4 Å². The maximum Gasteiger partial charge on any atom is 0.325 e. The fourth-order valence-corrected chi connectivity index (χ4v) is 5.12. The van der Waals surface area contributed by atoms with Crippen LogP contribution in [-0.4, -0.2) is 50.8 Å². The molecule has 2 heterocycles. The van der Waals surface area contributed by atoms with Crippen LogP contribution < -0.4 is 5.32 Å². The minimum Gasteiger partial charge on any atom is -0.332 e. The monoisotopic (exact) mass is 412 g/mol. The van der Waals surface area contributed by atoms with Gasteiger partial charge in [0.2, 0.25) is 5.91 Å². The number of nitrogens with one attached hydrogen (secondary N) is 1. The lowest BCUT2D eigenvalue weighted by molar-refractivity contribution is -0.141. The fourth-order valence-electron chi connectivity index (χ4n) is 5.12. The van der Waals surface area contributed by atoms with Crippen LogP contribution in [0.2, 0.25) is 0 Å². The van der Waals surface area contributed by atoms with Crippen LogP contribution in [0, 0.1) is 5.92 Å². The van der Waals surface area contributed by atoms with Gasteiger partial charge in [-0.1, -0.05) is 32.3 Å². The number of amides is 4. The van der Waals surface area contributed by atoms with E-state index in [4.69, 9.17) is 0 Å². The highest BCUT2D eigenvalue weighted by Gasteiger charge is 2.52. The Kier molecular flexibility index (Phi) is 6.06. The zero-order chi connectivity index (χ0) is 21.1. The number of aromatic nitrogens is 1. The van der Waals surface area contributed by atoms with E-state index < -0.39 is 11.6 Å². The normalized spacial score (nSPS) is 27.4. The lowest BCUT2D eigenvalue weighted by atomic mass is 9.77. The smallest absolute Gasteiger partial charge is 0.325 e. The van der Waals surface area contributed by atoms with Crippen LogP contribution in [-0.2, 0) is 16.1 Å². The van der Waals surface area contributed by atoms with E-state index >= 15 is 0 Å². The molecule has 3 aliphatic rings. The summed E-state index contributed by atoms with van der Waals surface area (Å²) in [6, 6.07) is 5.39. The molecule has 4 amide bonds. The molecule has 30 heavy (non-hydrogen) atoms. The van der Waals surface area contributed by atoms with Crippen molar-refractivity contribution in [3.05, 3.63) is 30.1 Å². The van der Waals surface area contributed by atoms with Gasteiger partial charge in [0.1, 0.15) is 12.1 Å². The minimum absolute atomic E-state index is 0.138. The molecule has 4 rings (SSSR count). The summed E-state index contributed by atoms with van der Waals surface area (Å²) < 4.78 is 0. The van der Waals surface area contributed by atoms with Gasteiger partial charge in [0.05, 0.1) is 12.2 Å². The van der Waals surface area contributed by atoms with E-state index in [0.717, 1.165) is 49.1 Å². The number of carbonyl (C=O) groups excluding carboxylic acids is 3. The highest BCUT2D eigenvalue weighted by Crippen LogP contribution is 2.36. The molecule has 1 N–H and O–H groups in total. The van der Waals surface area contributed by atoms with Crippen molar-refractivity contribution >= 4 is 17.8 Å². The number of hydrogen-bond donors (Lipinski definition) is 1. The van der Waals surface area contributed by atoms with E-state index in [1.807, 2.05) is 23.1 Å². The quantitative estimate of drug-likeness (QED) is 0.753. The number of nitrogens with zero attached hydrogens (tertiary/aromatic N) is 3. The van der Waals surface area contributed by atoms with Gasteiger partial charge in [-0.2, -0.15) is 0 Å². The summed E-state index contributed by atoms with van der Waals surface area (Å²) >= 11 is 0. The highest BCUT2D eigenvalue weighted by atomic mass is 16.2. The maximum absolute atomic E-state index is 13.3. The van der Waals surface area contributed by atoms with Gasteiger partial charge >= 0.3 is 6.03 Å². The van der Waals surface area contributed by atoms with Gasteiger partial charge in [-0.05, 0) is 56.6 Å². The molecular weight excluding hydrogens is 380 g/mol. The number of rotatable bonds is 5. The van der Waals surface area contributed by atoms with Crippen LogP contribution in [0.3, 0.4) is 0 Å². The van der Waals surface area contributed by atoms with Crippen molar-refractivity contribution in [2.75, 3.05) is 6.54 Å². The van der Waals surface area contributed by atoms with E-state index in [0.29, 0.717) is 25.3 Å². The zero-order valence-electron chi connectivity index (χ0n) is 17.8. The molecule has 0 aromatic carbocycles. The number of urea groups is 1. The number of imide groups is 1. The molecule has 1 aliphatic heterocycles. The molecule has 1 spiro atoms. The average molecular weight is 413 g/mol. The topological polar surface area (TPSA) is 82.6 Å². The Labute approximate surface area is 178 Å². The Hall–Kier alpha value is -2.44. The van der Waals surface area contributed by atoms with Gasteiger partial charge in [0.25, 0.3) is 5.91 Å². The van der Waals surface area contributed by atoms with E-state index in [2.05, 4.69) is 17.2 Å². The second-order valence-electron chi connectivity index (χ2n) is 9.22. The Morgan fingerprint density at radius 3 is 2.57 bits per heavy atom. The SMILES string of the molecule is CC1CCC2(CC1)NC(=O)N(CC(=O)N(Cc1ccccn1)C1CCCCC1)C2=O. The molecule has 2 saturated carbocycles. The van der Waals surface area contributed by atoms with Crippen LogP contribution in [0.25, 0.3) is 0 Å². The third-order valence-electron chi connectivity index (χ3n) is 7.06. The summed E-state index contributed by atoms with van der Waals surface area (Å²) in [5.41, 5.74) is 0.0203. The van der Waals surface area contributed by atoms with Crippen molar-refractivity contribution in [2.24, 2.45) is 5.92 Å². The maximum atomic E-state index is 13.3. The first-order chi connectivity index (χ1) is 14.5. The second-order valence-corrected chi connectivity index (χ2v) is 9.22. The van der Waals surface area contributed by atoms with E-state index in [1.54, 1.807) is 6.20 Å². The standard InChI is InChI=1S/C23H32N4O3/c1-17-10-12-23(13-11-17)21(29)27(22(30)25-23)16-20(28)26(19-8-3-2-4-9-19)15-18-7-5-6-14-24-18/h5-7,14,17,19H,2-4,8-13,15-16H2,1H3,(H,25,30). The zero-order valence-corrected chi connectivity index (χ0v) is 17.8. The van der Waals surface area contributed by atoms with Crippen LogP contribution in [0.15, 0.2) is 24.4 Å². The lowest BCUT2D eigenvalue weighted by Gasteiger charge is -2.35. The van der Waals surface area contributed by atoms with Crippen LogP contribution in [0.4, 0.5) is 4.79 Å². The summed E-state index contributed by atoms with van der Waals surface area (Å²) in [6.07, 6.45) is 10.2. The minimum atomic E-state index is -0.805. The van der Waals surface area contributed by atoms with E-state index in [9.17, 15) is 14.4 Å². The first-order valence-electron chi connectivity index (χ1n) is 11.3. The third kappa shape index (κ3) is 4.20. The van der Waals surface area contributed by atoms with Crippen LogP contribution in [0.5, 0.6) is 0 Å². The number of hydrogen-bond acceptors (Lipinski definition) is 4. The molecule has 0 bridgehead atoms. The molecule has 7 nitrogen and oxygen atoms in total. The van der Waals surface area contributed by atoms with E-state index in [-0.39, 0.29) is 24.4 Å². The second kappa shape index (κ2) is 8.74. The molecule has 1 aromatic heterocycles. The molecule has 7 heteroatoms. The lowest BCUT2D eigenvalue weighted by Crippen LogP contribution is -2.50. The summed E-state index contributed by atoms with van der Waals surface area (Å²) in [7, 11) is 0.